The number of aromatic nitrogens is 1. The highest BCUT2D eigenvalue weighted by Crippen LogP contribution is 2.40. The predicted octanol–water partition coefficient (Wildman–Crippen LogP) is 5.26. The second-order valence-corrected chi connectivity index (χ2v) is 9.47. The summed E-state index contributed by atoms with van der Waals surface area (Å²) in [5.74, 6) is 1.32. The molecule has 0 spiro atoms. The number of hydrogen-bond acceptors (Lipinski definition) is 3. The zero-order valence-electron chi connectivity index (χ0n) is 19.4. The van der Waals surface area contributed by atoms with Crippen LogP contribution in [0, 0.1) is 5.92 Å². The summed E-state index contributed by atoms with van der Waals surface area (Å²) in [6.45, 7) is 6.30. The number of aromatic amines is 1. The number of amides is 1. The van der Waals surface area contributed by atoms with E-state index in [-0.39, 0.29) is 17.6 Å². The van der Waals surface area contributed by atoms with Gasteiger partial charge in [0.25, 0.3) is 0 Å². The minimum Gasteiger partial charge on any atom is -0.489 e. The lowest BCUT2D eigenvalue weighted by molar-refractivity contribution is -0.153. The van der Waals surface area contributed by atoms with Crippen LogP contribution in [0.2, 0.25) is 0 Å². The molecule has 6 rings (SSSR count). The summed E-state index contributed by atoms with van der Waals surface area (Å²) in [6, 6.07) is 16.2. The van der Waals surface area contributed by atoms with Gasteiger partial charge in [-0.1, -0.05) is 49.4 Å². The molecule has 2 aromatic carbocycles. The standard InChI is InChI=1S/C28H32N2O3/c1-3-13-33-28(2)16-21-9-12-26(28)30(18-21)27(31)14-22-17-29-25-11-10-23(15-24(22)25)32-19-20-7-5-4-6-8-20/h4-12,15,17,21,26,29H,3,13-14,16,18-19H2,1-2H3. The number of hydrogen-bond donors (Lipinski definition) is 1. The average Bonchev–Trinajstić information content (AvgIpc) is 3.24. The maximum Gasteiger partial charge on any atom is 0.227 e. The van der Waals surface area contributed by atoms with Gasteiger partial charge < -0.3 is 19.4 Å². The zero-order chi connectivity index (χ0) is 22.8. The predicted molar refractivity (Wildman–Crippen MR) is 130 cm³/mol. The Morgan fingerprint density at radius 1 is 1.18 bits per heavy atom. The number of benzene rings is 2. The summed E-state index contributed by atoms with van der Waals surface area (Å²) in [7, 11) is 0. The largest absolute Gasteiger partial charge is 0.489 e. The molecule has 0 saturated carbocycles. The van der Waals surface area contributed by atoms with Gasteiger partial charge in [0, 0.05) is 30.3 Å². The second kappa shape index (κ2) is 9.06. The Labute approximate surface area is 195 Å². The first-order valence-corrected chi connectivity index (χ1v) is 11.9. The highest BCUT2D eigenvalue weighted by atomic mass is 16.5. The molecule has 5 heteroatoms. The highest BCUT2D eigenvalue weighted by molar-refractivity contribution is 5.90. The summed E-state index contributed by atoms with van der Waals surface area (Å²) >= 11 is 0. The molecule has 3 atom stereocenters. The summed E-state index contributed by atoms with van der Waals surface area (Å²) in [5, 5.41) is 1.04. The normalized spacial score (nSPS) is 23.9. The SMILES string of the molecule is CCCOC1(C)CC2C=CC1N(C(=O)Cc1c[nH]c3ccc(OCc4ccccc4)cc13)C2. The van der Waals surface area contributed by atoms with Crippen molar-refractivity contribution in [2.45, 2.75) is 51.4 Å². The number of nitrogens with zero attached hydrogens (tertiary/aromatic N) is 1. The Kier molecular flexibility index (Phi) is 5.98. The summed E-state index contributed by atoms with van der Waals surface area (Å²) in [5.41, 5.74) is 2.84. The molecule has 33 heavy (non-hydrogen) atoms. The molecule has 172 valence electrons. The number of fused-ring (bicyclic) bond motifs is 3. The highest BCUT2D eigenvalue weighted by Gasteiger charge is 2.48. The van der Waals surface area contributed by atoms with Gasteiger partial charge in [-0.2, -0.15) is 0 Å². The molecule has 3 aliphatic rings. The van der Waals surface area contributed by atoms with Gasteiger partial charge in [-0.3, -0.25) is 4.79 Å². The Hall–Kier alpha value is -3.05. The van der Waals surface area contributed by atoms with Crippen LogP contribution in [-0.2, 0) is 22.6 Å². The van der Waals surface area contributed by atoms with E-state index in [9.17, 15) is 4.79 Å². The molecule has 3 unspecified atom stereocenters. The molecule has 2 aliphatic heterocycles. The quantitative estimate of drug-likeness (QED) is 0.482. The number of H-pyrrole nitrogens is 1. The van der Waals surface area contributed by atoms with Crippen molar-refractivity contribution in [1.82, 2.24) is 9.88 Å². The van der Waals surface area contributed by atoms with E-state index in [0.717, 1.165) is 53.8 Å². The molecule has 1 aliphatic carbocycles. The Balaban J connectivity index is 1.31. The van der Waals surface area contributed by atoms with Gasteiger partial charge >= 0.3 is 0 Å². The Bertz CT molecular complexity index is 1150. The molecular formula is C28H32N2O3. The van der Waals surface area contributed by atoms with Crippen LogP contribution in [0.3, 0.4) is 0 Å². The first kappa shape index (κ1) is 21.8. The molecule has 3 heterocycles. The van der Waals surface area contributed by atoms with Gasteiger partial charge in [0.15, 0.2) is 0 Å². The van der Waals surface area contributed by atoms with Crippen LogP contribution in [0.5, 0.6) is 5.75 Å². The number of nitrogens with one attached hydrogen (secondary N) is 1. The fourth-order valence-corrected chi connectivity index (χ4v) is 5.24. The Morgan fingerprint density at radius 2 is 2.03 bits per heavy atom. The average molecular weight is 445 g/mol. The van der Waals surface area contributed by atoms with Crippen LogP contribution in [0.15, 0.2) is 66.9 Å². The number of ether oxygens (including phenoxy) is 2. The van der Waals surface area contributed by atoms with Gasteiger partial charge in [0.2, 0.25) is 5.91 Å². The molecule has 3 aromatic rings. The maximum atomic E-state index is 13.4. The van der Waals surface area contributed by atoms with Crippen LogP contribution in [0.4, 0.5) is 0 Å². The Morgan fingerprint density at radius 3 is 2.82 bits per heavy atom. The third-order valence-electron chi connectivity index (χ3n) is 6.91. The van der Waals surface area contributed by atoms with Crippen molar-refractivity contribution in [2.75, 3.05) is 13.2 Å². The smallest absolute Gasteiger partial charge is 0.227 e. The molecule has 2 bridgehead atoms. The van der Waals surface area contributed by atoms with Crippen molar-refractivity contribution in [1.29, 1.82) is 0 Å². The molecule has 1 aromatic heterocycles. The van der Waals surface area contributed by atoms with E-state index < -0.39 is 0 Å². The summed E-state index contributed by atoms with van der Waals surface area (Å²) in [4.78, 5) is 18.8. The second-order valence-electron chi connectivity index (χ2n) is 9.47. The number of rotatable bonds is 8. The topological polar surface area (TPSA) is 54.6 Å². The van der Waals surface area contributed by atoms with Crippen LogP contribution in [0.25, 0.3) is 10.9 Å². The molecule has 1 amide bonds. The van der Waals surface area contributed by atoms with Crippen LogP contribution in [0.1, 0.15) is 37.8 Å². The van der Waals surface area contributed by atoms with E-state index in [2.05, 4.69) is 43.1 Å². The number of carbonyl (C=O) groups is 1. The van der Waals surface area contributed by atoms with E-state index in [1.165, 1.54) is 0 Å². The monoisotopic (exact) mass is 444 g/mol. The van der Waals surface area contributed by atoms with Gasteiger partial charge in [-0.05, 0) is 55.0 Å². The van der Waals surface area contributed by atoms with Crippen molar-refractivity contribution in [3.05, 3.63) is 78.0 Å². The lowest BCUT2D eigenvalue weighted by Crippen LogP contribution is -2.62. The van der Waals surface area contributed by atoms with E-state index in [1.807, 2.05) is 47.5 Å². The van der Waals surface area contributed by atoms with Crippen molar-refractivity contribution >= 4 is 16.8 Å². The van der Waals surface area contributed by atoms with Gasteiger partial charge in [-0.15, -0.1) is 0 Å². The number of carbonyl (C=O) groups excluding carboxylic acids is 1. The third kappa shape index (κ3) is 4.42. The fourth-order valence-electron chi connectivity index (χ4n) is 5.24. The first-order chi connectivity index (χ1) is 16.1. The van der Waals surface area contributed by atoms with Crippen molar-refractivity contribution in [3.63, 3.8) is 0 Å². The summed E-state index contributed by atoms with van der Waals surface area (Å²) in [6.07, 6.45) is 8.71. The van der Waals surface area contributed by atoms with E-state index in [0.29, 0.717) is 18.9 Å². The van der Waals surface area contributed by atoms with Gasteiger partial charge in [-0.25, -0.2) is 0 Å². The molecule has 1 fully saturated rings. The summed E-state index contributed by atoms with van der Waals surface area (Å²) < 4.78 is 12.3. The van der Waals surface area contributed by atoms with Crippen molar-refractivity contribution in [2.24, 2.45) is 5.92 Å². The van der Waals surface area contributed by atoms with Crippen LogP contribution in [-0.4, -0.2) is 40.6 Å². The first-order valence-electron chi connectivity index (χ1n) is 11.9. The van der Waals surface area contributed by atoms with Gasteiger partial charge in [0.1, 0.15) is 12.4 Å². The third-order valence-corrected chi connectivity index (χ3v) is 6.91. The zero-order valence-corrected chi connectivity index (χ0v) is 19.4. The van der Waals surface area contributed by atoms with Crippen molar-refractivity contribution in [3.8, 4) is 5.75 Å². The molecule has 1 saturated heterocycles. The van der Waals surface area contributed by atoms with Crippen molar-refractivity contribution < 1.29 is 14.3 Å². The number of piperidine rings is 1. The lowest BCUT2D eigenvalue weighted by Gasteiger charge is -2.52. The minimum atomic E-state index is -0.304. The fraction of sp³-hybridized carbons (Fsp3) is 0.393. The molecular weight excluding hydrogens is 412 g/mol. The molecule has 0 radical (unpaired) electrons. The van der Waals surface area contributed by atoms with Crippen LogP contribution < -0.4 is 4.74 Å². The van der Waals surface area contributed by atoms with E-state index in [1.54, 1.807) is 0 Å². The molecule has 1 N–H and O–H groups in total. The van der Waals surface area contributed by atoms with Gasteiger partial charge in [0.05, 0.1) is 18.1 Å². The maximum absolute atomic E-state index is 13.4. The lowest BCUT2D eigenvalue weighted by atomic mass is 9.75. The minimum absolute atomic E-state index is 0.00322. The molecule has 5 nitrogen and oxygen atoms in total. The van der Waals surface area contributed by atoms with E-state index >= 15 is 0 Å². The van der Waals surface area contributed by atoms with E-state index in [4.69, 9.17) is 9.47 Å². The van der Waals surface area contributed by atoms with Crippen LogP contribution >= 0.6 is 0 Å².